The summed E-state index contributed by atoms with van der Waals surface area (Å²) in [5.41, 5.74) is 6.28. The van der Waals surface area contributed by atoms with Crippen LogP contribution in [0.4, 0.5) is 5.69 Å². The van der Waals surface area contributed by atoms with E-state index in [1.165, 1.54) is 17.1 Å². The first-order valence-electron chi connectivity index (χ1n) is 5.36. The Bertz CT molecular complexity index is 598. The molecule has 18 heavy (non-hydrogen) atoms. The Labute approximate surface area is 118 Å². The topological polar surface area (TPSA) is 70.1 Å². The second-order valence-electron chi connectivity index (χ2n) is 3.63. The van der Waals surface area contributed by atoms with Gasteiger partial charge in [-0.05, 0) is 34.7 Å². The Hall–Kier alpha value is -1.57. The van der Waals surface area contributed by atoms with Crippen LogP contribution < -0.4 is 16.0 Å². The van der Waals surface area contributed by atoms with Gasteiger partial charge in [0.2, 0.25) is 0 Å². The molecule has 1 aromatic carbocycles. The number of halogens is 1. The van der Waals surface area contributed by atoms with Crippen molar-refractivity contribution < 1.29 is 4.74 Å². The number of nitrogens with zero attached hydrogens (tertiary/aromatic N) is 2. The molecule has 1 aromatic heterocycles. The molecule has 0 amide bonds. The first-order chi connectivity index (χ1) is 8.68. The Morgan fingerprint density at radius 2 is 2.17 bits per heavy atom. The van der Waals surface area contributed by atoms with Gasteiger partial charge in [0.1, 0.15) is 12.4 Å². The van der Waals surface area contributed by atoms with Gasteiger partial charge >= 0.3 is 0 Å². The maximum atomic E-state index is 11.7. The summed E-state index contributed by atoms with van der Waals surface area (Å²) in [7, 11) is 0. The molecule has 0 saturated heterocycles. The van der Waals surface area contributed by atoms with Gasteiger partial charge in [0.15, 0.2) is 0 Å². The van der Waals surface area contributed by atoms with Crippen molar-refractivity contribution in [3.05, 3.63) is 50.7 Å². The molecule has 0 spiro atoms. The summed E-state index contributed by atoms with van der Waals surface area (Å²) in [6.45, 7) is 0.812. The van der Waals surface area contributed by atoms with Crippen LogP contribution in [-0.2, 0) is 6.54 Å². The number of aromatic nitrogens is 2. The van der Waals surface area contributed by atoms with Crippen molar-refractivity contribution in [1.82, 2.24) is 9.55 Å². The third kappa shape index (κ3) is 3.00. The van der Waals surface area contributed by atoms with Crippen LogP contribution in [0.5, 0.6) is 5.75 Å². The highest BCUT2D eigenvalue weighted by molar-refractivity contribution is 14.1. The fourth-order valence-corrected chi connectivity index (χ4v) is 1.92. The second-order valence-corrected chi connectivity index (χ2v) is 4.79. The van der Waals surface area contributed by atoms with Crippen LogP contribution in [0.15, 0.2) is 41.6 Å². The molecule has 2 N–H and O–H groups in total. The summed E-state index contributed by atoms with van der Waals surface area (Å²) in [6, 6.07) is 7.26. The maximum absolute atomic E-state index is 11.7. The van der Waals surface area contributed by atoms with Crippen molar-refractivity contribution in [2.24, 2.45) is 0 Å². The van der Waals surface area contributed by atoms with E-state index in [1.54, 1.807) is 12.1 Å². The lowest BCUT2D eigenvalue weighted by Gasteiger charge is -2.09. The lowest BCUT2D eigenvalue weighted by atomic mass is 10.3. The van der Waals surface area contributed by atoms with Gasteiger partial charge in [0.05, 0.1) is 22.1 Å². The minimum absolute atomic E-state index is 0.0600. The van der Waals surface area contributed by atoms with Crippen LogP contribution >= 0.6 is 22.6 Å². The molecule has 2 aromatic rings. The number of nitrogen functional groups attached to an aromatic ring is 1. The predicted molar refractivity (Wildman–Crippen MR) is 77.6 cm³/mol. The smallest absolute Gasteiger partial charge is 0.266 e. The number of benzene rings is 1. The van der Waals surface area contributed by atoms with Crippen LogP contribution in [0.2, 0.25) is 0 Å². The Morgan fingerprint density at radius 1 is 1.39 bits per heavy atom. The quantitative estimate of drug-likeness (QED) is 0.665. The van der Waals surface area contributed by atoms with Crippen molar-refractivity contribution in [3.8, 4) is 5.75 Å². The van der Waals surface area contributed by atoms with Crippen molar-refractivity contribution in [3.63, 3.8) is 0 Å². The van der Waals surface area contributed by atoms with E-state index >= 15 is 0 Å². The Morgan fingerprint density at radius 3 is 2.94 bits per heavy atom. The van der Waals surface area contributed by atoms with Crippen molar-refractivity contribution in [2.75, 3.05) is 12.3 Å². The molecule has 94 valence electrons. The number of hydrogen-bond acceptors (Lipinski definition) is 4. The second kappa shape index (κ2) is 5.85. The highest BCUT2D eigenvalue weighted by Crippen LogP contribution is 2.19. The molecule has 0 unspecified atom stereocenters. The summed E-state index contributed by atoms with van der Waals surface area (Å²) in [5.74, 6) is 0.629. The number of hydrogen-bond donors (Lipinski definition) is 1. The zero-order chi connectivity index (χ0) is 13.0. The van der Waals surface area contributed by atoms with E-state index in [1.807, 2.05) is 34.7 Å². The van der Waals surface area contributed by atoms with E-state index in [4.69, 9.17) is 10.5 Å². The standard InChI is InChI=1S/C12H12IN3O2/c13-9-7-15-8-16(12(9)17)5-6-18-11-4-2-1-3-10(11)14/h1-4,7-8H,5-6,14H2. The summed E-state index contributed by atoms with van der Waals surface area (Å²) in [5, 5.41) is 0. The van der Waals surface area contributed by atoms with Crippen LogP contribution in [0.3, 0.4) is 0 Å². The minimum Gasteiger partial charge on any atom is -0.490 e. The molecule has 0 aliphatic rings. The first kappa shape index (κ1) is 12.9. The van der Waals surface area contributed by atoms with Crippen LogP contribution in [0.1, 0.15) is 0 Å². The molecule has 2 rings (SSSR count). The van der Waals surface area contributed by atoms with E-state index in [2.05, 4.69) is 4.98 Å². The van der Waals surface area contributed by atoms with Crippen LogP contribution in [0, 0.1) is 3.57 Å². The largest absolute Gasteiger partial charge is 0.490 e. The number of rotatable bonds is 4. The lowest BCUT2D eigenvalue weighted by Crippen LogP contribution is -2.25. The monoisotopic (exact) mass is 357 g/mol. The van der Waals surface area contributed by atoms with Gasteiger partial charge in [-0.15, -0.1) is 0 Å². The van der Waals surface area contributed by atoms with E-state index in [-0.39, 0.29) is 5.56 Å². The molecule has 0 bridgehead atoms. The van der Waals surface area contributed by atoms with Gasteiger partial charge in [-0.1, -0.05) is 12.1 Å². The number of anilines is 1. The molecule has 0 radical (unpaired) electrons. The highest BCUT2D eigenvalue weighted by Gasteiger charge is 2.02. The van der Waals surface area contributed by atoms with Gasteiger partial charge < -0.3 is 10.5 Å². The Balaban J connectivity index is 1.99. The summed E-state index contributed by atoms with van der Waals surface area (Å²) in [4.78, 5) is 15.7. The van der Waals surface area contributed by atoms with Gasteiger partial charge in [-0.3, -0.25) is 9.36 Å². The van der Waals surface area contributed by atoms with Gasteiger partial charge in [-0.2, -0.15) is 0 Å². The minimum atomic E-state index is -0.0600. The highest BCUT2D eigenvalue weighted by atomic mass is 127. The van der Waals surface area contributed by atoms with E-state index in [0.717, 1.165) is 0 Å². The zero-order valence-corrected chi connectivity index (χ0v) is 11.7. The fraction of sp³-hybridized carbons (Fsp3) is 0.167. The molecule has 0 fully saturated rings. The van der Waals surface area contributed by atoms with E-state index < -0.39 is 0 Å². The molecular weight excluding hydrogens is 345 g/mol. The maximum Gasteiger partial charge on any atom is 0.266 e. The summed E-state index contributed by atoms with van der Waals surface area (Å²) in [6.07, 6.45) is 3.04. The van der Waals surface area contributed by atoms with E-state index in [0.29, 0.717) is 28.2 Å². The molecule has 0 saturated carbocycles. The molecule has 0 aliphatic carbocycles. The van der Waals surface area contributed by atoms with Crippen molar-refractivity contribution in [1.29, 1.82) is 0 Å². The van der Waals surface area contributed by atoms with Crippen molar-refractivity contribution in [2.45, 2.75) is 6.54 Å². The summed E-state index contributed by atoms with van der Waals surface area (Å²) < 4.78 is 7.63. The average molecular weight is 357 g/mol. The third-order valence-corrected chi connectivity index (χ3v) is 3.11. The van der Waals surface area contributed by atoms with E-state index in [9.17, 15) is 4.79 Å². The van der Waals surface area contributed by atoms with Gasteiger partial charge in [0, 0.05) is 6.20 Å². The molecule has 0 atom stereocenters. The van der Waals surface area contributed by atoms with Crippen LogP contribution in [-0.4, -0.2) is 16.2 Å². The number of ether oxygens (including phenoxy) is 1. The Kier molecular flexibility index (Phi) is 4.19. The summed E-state index contributed by atoms with van der Waals surface area (Å²) >= 11 is 1.96. The average Bonchev–Trinajstić information content (AvgIpc) is 2.37. The number of nitrogens with two attached hydrogens (primary N) is 1. The number of para-hydroxylation sites is 2. The fourth-order valence-electron chi connectivity index (χ4n) is 1.45. The molecule has 5 nitrogen and oxygen atoms in total. The molecule has 1 heterocycles. The first-order valence-corrected chi connectivity index (χ1v) is 6.43. The van der Waals surface area contributed by atoms with Gasteiger partial charge in [0.25, 0.3) is 5.56 Å². The van der Waals surface area contributed by atoms with Crippen molar-refractivity contribution >= 4 is 28.3 Å². The third-order valence-electron chi connectivity index (χ3n) is 2.37. The lowest BCUT2D eigenvalue weighted by molar-refractivity contribution is 0.297. The molecule has 6 heteroatoms. The van der Waals surface area contributed by atoms with Crippen LogP contribution in [0.25, 0.3) is 0 Å². The molecule has 0 aliphatic heterocycles. The molecular formula is C12H12IN3O2. The van der Waals surface area contributed by atoms with Gasteiger partial charge in [-0.25, -0.2) is 4.98 Å². The normalized spacial score (nSPS) is 10.3. The predicted octanol–water partition coefficient (Wildman–Crippen LogP) is 1.51. The SMILES string of the molecule is Nc1ccccc1OCCn1cncc(I)c1=O. The zero-order valence-electron chi connectivity index (χ0n) is 9.54.